The molecule has 32 heavy (non-hydrogen) atoms. The van der Waals surface area contributed by atoms with Crippen molar-refractivity contribution < 1.29 is 18.8 Å². The fourth-order valence-corrected chi connectivity index (χ4v) is 4.13. The summed E-state index contributed by atoms with van der Waals surface area (Å²) in [6, 6.07) is 7.25. The molecule has 0 radical (unpaired) electrons. The van der Waals surface area contributed by atoms with E-state index in [4.69, 9.17) is 14.7 Å². The smallest absolute Gasteiger partial charge is 0.324 e. The van der Waals surface area contributed by atoms with Gasteiger partial charge < -0.3 is 15.3 Å². The molecule has 0 aromatic carbocycles. The van der Waals surface area contributed by atoms with Crippen LogP contribution in [0.15, 0.2) is 43.6 Å². The van der Waals surface area contributed by atoms with Crippen LogP contribution in [0.3, 0.4) is 0 Å². The Morgan fingerprint density at radius 3 is 2.75 bits per heavy atom. The number of nitrogens with two attached hydrogens (primary N) is 1. The molecule has 0 saturated carbocycles. The average Bonchev–Trinajstić information content (AvgIpc) is 3.50. The number of nitrogens with zero attached hydrogens (tertiary/aromatic N) is 7. The van der Waals surface area contributed by atoms with Gasteiger partial charge in [-0.1, -0.05) is 11.8 Å². The number of rotatable bonds is 6. The molecule has 4 rings (SSSR count). The van der Waals surface area contributed by atoms with E-state index in [9.17, 15) is 15.6 Å². The van der Waals surface area contributed by atoms with Gasteiger partial charge in [0.15, 0.2) is 0 Å². The second-order valence-electron chi connectivity index (χ2n) is 6.90. The maximum Gasteiger partial charge on any atom is 0.324 e. The summed E-state index contributed by atoms with van der Waals surface area (Å²) in [5, 5.41) is 37.7. The van der Waals surface area contributed by atoms with Crippen LogP contribution in [0.25, 0.3) is 11.3 Å². The van der Waals surface area contributed by atoms with Crippen molar-refractivity contribution in [2.45, 2.75) is 24.3 Å². The van der Waals surface area contributed by atoms with Crippen LogP contribution in [-0.4, -0.2) is 35.0 Å². The predicted octanol–water partition coefficient (Wildman–Crippen LogP) is 1.25. The lowest BCUT2D eigenvalue weighted by atomic mass is 10.0. The summed E-state index contributed by atoms with van der Waals surface area (Å²) < 4.78 is 10.5. The third-order valence-electron chi connectivity index (χ3n) is 4.82. The lowest BCUT2D eigenvalue weighted by Crippen LogP contribution is -2.60. The Hall–Kier alpha value is -4.03. The molecule has 3 aromatic heterocycles. The normalized spacial score (nSPS) is 14.2. The minimum atomic E-state index is -0.495. The van der Waals surface area contributed by atoms with Crippen LogP contribution in [0.5, 0.6) is 0 Å². The third-order valence-corrected chi connectivity index (χ3v) is 5.78. The number of pyridine rings is 1. The molecule has 1 aliphatic rings. The number of hydrogen-bond donors (Lipinski definition) is 1. The van der Waals surface area contributed by atoms with Gasteiger partial charge in [0.2, 0.25) is 5.27 Å². The molecule has 12 heteroatoms. The molecule has 0 aliphatic carbocycles. The molecule has 0 atom stereocenters. The fraction of sp³-hybridized carbons (Fsp3) is 0.300. The van der Waals surface area contributed by atoms with Gasteiger partial charge in [-0.2, -0.15) is 15.5 Å². The molecular formula is C20H18N8O3S. The van der Waals surface area contributed by atoms with Gasteiger partial charge in [-0.25, -0.2) is 9.98 Å². The predicted molar refractivity (Wildman–Crippen MR) is 112 cm³/mol. The first-order chi connectivity index (χ1) is 15.6. The van der Waals surface area contributed by atoms with Crippen LogP contribution in [0.1, 0.15) is 30.4 Å². The molecule has 1 aliphatic heterocycles. The van der Waals surface area contributed by atoms with Crippen LogP contribution in [0.4, 0.5) is 11.7 Å². The molecular weight excluding hydrogens is 432 g/mol. The summed E-state index contributed by atoms with van der Waals surface area (Å²) in [5.74, 6) is -0.262. The van der Waals surface area contributed by atoms with Crippen molar-refractivity contribution in [3.05, 3.63) is 35.7 Å². The summed E-state index contributed by atoms with van der Waals surface area (Å²) in [5.41, 5.74) is 6.32. The van der Waals surface area contributed by atoms with Gasteiger partial charge in [0, 0.05) is 5.75 Å². The zero-order valence-corrected chi connectivity index (χ0v) is 17.7. The van der Waals surface area contributed by atoms with Gasteiger partial charge in [0.25, 0.3) is 6.20 Å². The molecule has 162 valence electrons. The Labute approximate surface area is 187 Å². The zero-order valence-electron chi connectivity index (χ0n) is 16.9. The summed E-state index contributed by atoms with van der Waals surface area (Å²) in [6.07, 6.45) is 6.31. The van der Waals surface area contributed by atoms with Crippen LogP contribution < -0.4 is 20.6 Å². The zero-order chi connectivity index (χ0) is 22.5. The van der Waals surface area contributed by atoms with Crippen molar-refractivity contribution in [2.24, 2.45) is 4.99 Å². The van der Waals surface area contributed by atoms with Gasteiger partial charge in [-0.3, -0.25) is 4.52 Å². The number of aromatic nitrogens is 3. The van der Waals surface area contributed by atoms with E-state index in [0.717, 1.165) is 37.7 Å². The monoisotopic (exact) mass is 450 g/mol. The average molecular weight is 450 g/mol. The number of anilines is 1. The topological polar surface area (TPSA) is 168 Å². The molecule has 0 bridgehead atoms. The number of thioether (sulfide) groups is 1. The summed E-state index contributed by atoms with van der Waals surface area (Å²) >= 11 is 0.991. The van der Waals surface area contributed by atoms with Crippen LogP contribution >= 0.6 is 11.8 Å². The van der Waals surface area contributed by atoms with Crippen molar-refractivity contribution in [3.63, 3.8) is 0 Å². The molecule has 1 saturated heterocycles. The highest BCUT2D eigenvalue weighted by atomic mass is 32.2. The number of hydrogen-bond acceptors (Lipinski definition) is 11. The van der Waals surface area contributed by atoms with Crippen molar-refractivity contribution in [3.8, 4) is 23.5 Å². The van der Waals surface area contributed by atoms with Crippen molar-refractivity contribution in [2.75, 3.05) is 29.6 Å². The minimum Gasteiger partial charge on any atom is -0.861 e. The standard InChI is InChI=1S/C20H18N8O3S/c21-9-13-18(15-5-4-8-30-15)14(10-22)20(25-19(13)23)32-12-16(29)24-17-11-28(26-31-17)27-6-2-1-3-7-27/h4-5,8,11H,1-3,6-7,12H2,(H2-,23,24,25,26,29). The summed E-state index contributed by atoms with van der Waals surface area (Å²) in [7, 11) is 0. The maximum atomic E-state index is 12.4. The van der Waals surface area contributed by atoms with Gasteiger partial charge in [0.05, 0.1) is 35.3 Å². The molecule has 0 amide bonds. The Kier molecular flexibility index (Phi) is 6.24. The van der Waals surface area contributed by atoms with E-state index in [-0.39, 0.29) is 39.2 Å². The number of aliphatic imine (C=N–C) groups is 1. The minimum absolute atomic E-state index is 0.0424. The Morgan fingerprint density at radius 1 is 1.28 bits per heavy atom. The number of piperidine rings is 1. The second-order valence-corrected chi connectivity index (χ2v) is 7.86. The van der Waals surface area contributed by atoms with Crippen LogP contribution in [0, 0.1) is 22.7 Å². The quantitative estimate of drug-likeness (QED) is 0.249. The van der Waals surface area contributed by atoms with Gasteiger partial charge in [-0.05, 0) is 37.3 Å². The van der Waals surface area contributed by atoms with Crippen LogP contribution in [-0.2, 0) is 0 Å². The van der Waals surface area contributed by atoms with E-state index in [1.807, 2.05) is 17.1 Å². The van der Waals surface area contributed by atoms with Gasteiger partial charge >= 0.3 is 5.88 Å². The largest absolute Gasteiger partial charge is 0.861 e. The number of nitrogen functional groups attached to an aromatic ring is 1. The highest BCUT2D eigenvalue weighted by Gasteiger charge is 2.23. The second kappa shape index (κ2) is 9.41. The van der Waals surface area contributed by atoms with Gasteiger partial charge in [-0.15, -0.1) is 0 Å². The molecule has 0 spiro atoms. The first-order valence-corrected chi connectivity index (χ1v) is 10.8. The maximum absolute atomic E-state index is 12.4. The van der Waals surface area contributed by atoms with Gasteiger partial charge in [0.1, 0.15) is 34.3 Å². The Balaban J connectivity index is 1.54. The molecule has 1 fully saturated rings. The SMILES string of the molecule is N#Cc1c(N)nc(SC/C([O-])=N/c2c[n+](N3CCCCC3)no2)c(C#N)c1-c1ccco1. The highest BCUT2D eigenvalue weighted by molar-refractivity contribution is 8.00. The molecule has 11 nitrogen and oxygen atoms in total. The summed E-state index contributed by atoms with van der Waals surface area (Å²) in [6.45, 7) is 1.72. The van der Waals surface area contributed by atoms with E-state index in [2.05, 4.69) is 15.2 Å². The van der Waals surface area contributed by atoms with Crippen molar-refractivity contribution in [1.82, 2.24) is 10.3 Å². The Morgan fingerprint density at radius 2 is 2.06 bits per heavy atom. The first-order valence-electron chi connectivity index (χ1n) is 9.79. The Bertz CT molecular complexity index is 1220. The third kappa shape index (κ3) is 4.36. The summed E-state index contributed by atoms with van der Waals surface area (Å²) in [4.78, 5) is 9.63. The van der Waals surface area contributed by atoms with E-state index in [1.54, 1.807) is 23.1 Å². The molecule has 2 N–H and O–H groups in total. The highest BCUT2D eigenvalue weighted by Crippen LogP contribution is 2.35. The van der Waals surface area contributed by atoms with E-state index >= 15 is 0 Å². The van der Waals surface area contributed by atoms with E-state index < -0.39 is 5.90 Å². The fourth-order valence-electron chi connectivity index (χ4n) is 3.35. The van der Waals surface area contributed by atoms with Crippen molar-refractivity contribution in [1.29, 1.82) is 10.5 Å². The van der Waals surface area contributed by atoms with E-state index in [1.165, 1.54) is 12.7 Å². The lowest BCUT2D eigenvalue weighted by Gasteiger charge is -2.17. The number of nitriles is 2. The first kappa shape index (κ1) is 21.2. The lowest BCUT2D eigenvalue weighted by molar-refractivity contribution is -0.759. The molecule has 0 unspecified atom stereocenters. The molecule has 4 heterocycles. The van der Waals surface area contributed by atoms with E-state index in [0.29, 0.717) is 5.76 Å². The van der Waals surface area contributed by atoms with Crippen molar-refractivity contribution >= 4 is 29.4 Å². The van der Waals surface area contributed by atoms with Crippen LogP contribution in [0.2, 0.25) is 0 Å². The molecule has 3 aromatic rings. The number of furan rings is 1.